The number of para-hydroxylation sites is 1. The van der Waals surface area contributed by atoms with Gasteiger partial charge in [0, 0.05) is 22.9 Å². The Kier molecular flexibility index (Phi) is 9.45. The van der Waals surface area contributed by atoms with E-state index in [0.29, 0.717) is 22.4 Å². The number of phenols is 2. The summed E-state index contributed by atoms with van der Waals surface area (Å²) in [5.74, 6) is 0.446. The summed E-state index contributed by atoms with van der Waals surface area (Å²) in [4.78, 5) is 4.60. The van der Waals surface area contributed by atoms with E-state index in [1.807, 2.05) is 97.9 Å². The first kappa shape index (κ1) is 25.4. The summed E-state index contributed by atoms with van der Waals surface area (Å²) in [7, 11) is 15.0. The van der Waals surface area contributed by atoms with Crippen molar-refractivity contribution < 1.29 is 25.4 Å². The minimum absolute atomic E-state index is 0.222. The van der Waals surface area contributed by atoms with Crippen LogP contribution in [0.2, 0.25) is 0 Å². The van der Waals surface area contributed by atoms with Crippen molar-refractivity contribution in [3.63, 3.8) is 0 Å². The molecular weight excluding hydrogens is 646 g/mol. The molecule has 0 fully saturated rings. The van der Waals surface area contributed by atoms with Gasteiger partial charge in [0.1, 0.15) is 11.5 Å². The summed E-state index contributed by atoms with van der Waals surface area (Å²) in [5.41, 5.74) is 5.41. The monoisotopic (exact) mass is 665 g/mol. The average Bonchev–Trinajstić information content (AvgIpc) is 2.81. The molecule has 168 valence electrons. The number of benzene rings is 4. The topological polar surface area (TPSA) is 52.8 Å². The number of aliphatic imine (C=N–C) groups is 1. The fraction of sp³-hybridized carbons (Fsp3) is 0.0385. The summed E-state index contributed by atoms with van der Waals surface area (Å²) < 4.78 is 0. The number of phenolic OH excluding ortho intramolecular Hbond substituents is 2. The minimum atomic E-state index is -2.18. The van der Waals surface area contributed by atoms with Gasteiger partial charge in [-0.25, -0.2) is 0 Å². The molecule has 3 nitrogen and oxygen atoms in total. The number of rotatable bonds is 4. The van der Waals surface area contributed by atoms with Crippen molar-refractivity contribution in [1.82, 2.24) is 0 Å². The van der Waals surface area contributed by atoms with E-state index in [2.05, 4.69) is 4.99 Å². The first-order valence-corrected chi connectivity index (χ1v) is 21.9. The molecule has 0 bridgehead atoms. The van der Waals surface area contributed by atoms with E-state index < -0.39 is 15.2 Å². The van der Waals surface area contributed by atoms with Crippen LogP contribution in [0.3, 0.4) is 0 Å². The summed E-state index contributed by atoms with van der Waals surface area (Å²) in [6.07, 6.45) is 1.65. The van der Waals surface area contributed by atoms with Gasteiger partial charge in [-0.2, -0.15) is 0 Å². The first-order chi connectivity index (χ1) is 15.9. The van der Waals surface area contributed by atoms with Gasteiger partial charge in [0.15, 0.2) is 0 Å². The molecule has 0 unspecified atom stereocenters. The van der Waals surface area contributed by atoms with Gasteiger partial charge in [-0.3, -0.25) is 4.99 Å². The van der Waals surface area contributed by atoms with Gasteiger partial charge in [0.2, 0.25) is 0 Å². The second-order valence-electron chi connectivity index (χ2n) is 7.08. The van der Waals surface area contributed by atoms with E-state index in [9.17, 15) is 10.2 Å². The Morgan fingerprint density at radius 2 is 1.18 bits per heavy atom. The molecule has 2 N–H and O–H groups in total. The van der Waals surface area contributed by atoms with Crippen molar-refractivity contribution in [1.29, 1.82) is 0 Å². The van der Waals surface area contributed by atoms with Crippen molar-refractivity contribution in [2.75, 3.05) is 0 Å². The fourth-order valence-electron chi connectivity index (χ4n) is 3.30. The predicted molar refractivity (Wildman–Crippen MR) is 137 cm³/mol. The Morgan fingerprint density at radius 3 is 1.67 bits per heavy atom. The van der Waals surface area contributed by atoms with Gasteiger partial charge in [0.05, 0.1) is 5.69 Å². The van der Waals surface area contributed by atoms with E-state index in [4.69, 9.17) is 27.6 Å². The Balaban J connectivity index is 0.000000709. The molecular formula is C26H21Cl3NO2Ta. The molecule has 4 aromatic carbocycles. The van der Waals surface area contributed by atoms with Crippen molar-refractivity contribution in [3.8, 4) is 33.8 Å². The molecule has 0 aliphatic rings. The van der Waals surface area contributed by atoms with E-state index in [1.165, 1.54) is 0 Å². The summed E-state index contributed by atoms with van der Waals surface area (Å²) >= 11 is -2.18. The van der Waals surface area contributed by atoms with E-state index in [0.717, 1.165) is 16.7 Å². The van der Waals surface area contributed by atoms with Gasteiger partial charge >= 0.3 is 42.8 Å². The number of aromatic hydroxyl groups is 2. The molecule has 0 atom stereocenters. The van der Waals surface area contributed by atoms with Gasteiger partial charge in [0.25, 0.3) is 0 Å². The van der Waals surface area contributed by atoms with Gasteiger partial charge in [-0.15, -0.1) is 0 Å². The number of nitrogens with zero attached hydrogens (tertiary/aromatic N) is 1. The zero-order chi connectivity index (χ0) is 23.8. The zero-order valence-corrected chi connectivity index (χ0v) is 23.1. The van der Waals surface area contributed by atoms with Crippen LogP contribution < -0.4 is 0 Å². The molecule has 33 heavy (non-hydrogen) atoms. The van der Waals surface area contributed by atoms with Crippen molar-refractivity contribution in [2.24, 2.45) is 4.99 Å². The first-order valence-electron chi connectivity index (χ1n) is 9.94. The van der Waals surface area contributed by atoms with Crippen LogP contribution in [0.4, 0.5) is 5.69 Å². The van der Waals surface area contributed by atoms with Crippen LogP contribution >= 0.6 is 27.6 Å². The Labute approximate surface area is 211 Å². The third-order valence-electron chi connectivity index (χ3n) is 4.89. The maximum absolute atomic E-state index is 11.0. The average molecular weight is 667 g/mol. The quantitative estimate of drug-likeness (QED) is 0.215. The number of aryl methyl sites for hydroxylation is 1. The molecule has 0 radical (unpaired) electrons. The van der Waals surface area contributed by atoms with Crippen LogP contribution in [0.15, 0.2) is 96.0 Å². The molecule has 0 amide bonds. The standard InChI is InChI=1S/C26H21NO2.3ClH.Ta/c1-18-9-8-14-21(25(18)28)17-27-22-15-23(19-10-4-2-5-11-19)26(29)24(16-22)20-12-6-3-7-13-20;;;;/h2-17,28-29H,1H3;3*1H;/q;;;;+3/p-3. The van der Waals surface area contributed by atoms with Crippen LogP contribution in [0.1, 0.15) is 11.1 Å². The molecule has 0 aromatic heterocycles. The van der Waals surface area contributed by atoms with Crippen molar-refractivity contribution in [3.05, 3.63) is 102 Å². The van der Waals surface area contributed by atoms with Gasteiger partial charge < -0.3 is 10.2 Å². The maximum atomic E-state index is 11.0. The number of halogens is 3. The van der Waals surface area contributed by atoms with Gasteiger partial charge in [-0.05, 0) is 41.8 Å². The summed E-state index contributed by atoms with van der Waals surface area (Å²) in [5, 5.41) is 21.2. The molecule has 4 aromatic rings. The third-order valence-corrected chi connectivity index (χ3v) is 4.89. The Hall–Kier alpha value is -2.24. The molecule has 0 saturated heterocycles. The predicted octanol–water partition coefficient (Wildman–Crippen LogP) is 8.56. The molecule has 0 aliphatic carbocycles. The van der Waals surface area contributed by atoms with Crippen LogP contribution in [-0.2, 0) is 15.2 Å². The van der Waals surface area contributed by atoms with Crippen molar-refractivity contribution >= 4 is 39.5 Å². The molecule has 0 heterocycles. The van der Waals surface area contributed by atoms with E-state index in [-0.39, 0.29) is 11.5 Å². The molecule has 7 heteroatoms. The molecule has 0 saturated carbocycles. The molecule has 4 rings (SSSR count). The zero-order valence-electron chi connectivity index (χ0n) is 17.7. The number of hydrogen-bond acceptors (Lipinski definition) is 3. The normalized spacial score (nSPS) is 10.8. The molecule has 0 spiro atoms. The third kappa shape index (κ3) is 7.12. The van der Waals surface area contributed by atoms with Crippen LogP contribution in [0.25, 0.3) is 22.3 Å². The summed E-state index contributed by atoms with van der Waals surface area (Å²) in [6, 6.07) is 28.8. The van der Waals surface area contributed by atoms with Crippen LogP contribution in [0, 0.1) is 6.92 Å². The van der Waals surface area contributed by atoms with Crippen molar-refractivity contribution in [2.45, 2.75) is 6.92 Å². The molecule has 0 aliphatic heterocycles. The van der Waals surface area contributed by atoms with Crippen LogP contribution in [0.5, 0.6) is 11.5 Å². The fourth-order valence-corrected chi connectivity index (χ4v) is 3.30. The van der Waals surface area contributed by atoms with E-state index >= 15 is 0 Å². The SMILES string of the molecule is Cc1cccc(C=Nc2cc(-c3ccccc3)c(O)c(-c3ccccc3)c2)c1O.[Cl][Ta]([Cl])[Cl]. The van der Waals surface area contributed by atoms with E-state index in [1.54, 1.807) is 6.21 Å². The second kappa shape index (κ2) is 12.3. The Bertz CT molecular complexity index is 1170. The second-order valence-corrected chi connectivity index (χ2v) is 21.0. The number of hydrogen-bond donors (Lipinski definition) is 2. The summed E-state index contributed by atoms with van der Waals surface area (Å²) in [6.45, 7) is 1.86. The van der Waals surface area contributed by atoms with Crippen LogP contribution in [-0.4, -0.2) is 16.4 Å². The Morgan fingerprint density at radius 1 is 0.697 bits per heavy atom. The van der Waals surface area contributed by atoms with Gasteiger partial charge in [-0.1, -0.05) is 72.8 Å².